The molecular formula is C11H17N3O2. The van der Waals surface area contributed by atoms with Crippen molar-refractivity contribution >= 4 is 11.7 Å². The van der Waals surface area contributed by atoms with Crippen molar-refractivity contribution in [3.8, 4) is 0 Å². The third-order valence-corrected chi connectivity index (χ3v) is 2.22. The highest BCUT2D eigenvalue weighted by atomic mass is 16.2. The van der Waals surface area contributed by atoms with E-state index in [0.29, 0.717) is 5.69 Å². The third kappa shape index (κ3) is 3.51. The van der Waals surface area contributed by atoms with Crippen LogP contribution in [0, 0.1) is 0 Å². The summed E-state index contributed by atoms with van der Waals surface area (Å²) >= 11 is 0. The van der Waals surface area contributed by atoms with E-state index in [0.717, 1.165) is 0 Å². The number of aromatic nitrogens is 1. The summed E-state index contributed by atoms with van der Waals surface area (Å²) in [6.07, 6.45) is 1.71. The van der Waals surface area contributed by atoms with Crippen LogP contribution in [0.1, 0.15) is 10.5 Å². The number of H-pyrrole nitrogens is 1. The fraction of sp³-hybridized carbons (Fsp3) is 0.455. The number of rotatable bonds is 5. The predicted molar refractivity (Wildman–Crippen MR) is 61.3 cm³/mol. The monoisotopic (exact) mass is 223 g/mol. The Balaban J connectivity index is 2.43. The van der Waals surface area contributed by atoms with Gasteiger partial charge in [0, 0.05) is 20.3 Å². The van der Waals surface area contributed by atoms with Crippen LogP contribution in [0.2, 0.25) is 0 Å². The highest BCUT2D eigenvalue weighted by Gasteiger charge is 2.13. The molecule has 1 aromatic heterocycles. The van der Waals surface area contributed by atoms with Crippen LogP contribution >= 0.6 is 0 Å². The smallest absolute Gasteiger partial charge is 0.236 e. The minimum absolute atomic E-state index is 0.0122. The van der Waals surface area contributed by atoms with Gasteiger partial charge in [0.05, 0.1) is 18.8 Å². The number of nitrogens with one attached hydrogen (secondary N) is 1. The van der Waals surface area contributed by atoms with Crippen molar-refractivity contribution in [3.05, 3.63) is 24.0 Å². The summed E-state index contributed by atoms with van der Waals surface area (Å²) in [5.41, 5.74) is 0.573. The first-order chi connectivity index (χ1) is 7.50. The van der Waals surface area contributed by atoms with Gasteiger partial charge in [0.2, 0.25) is 5.91 Å². The number of aromatic amines is 1. The number of nitrogens with zero attached hydrogens (tertiary/aromatic N) is 2. The van der Waals surface area contributed by atoms with Crippen LogP contribution in [0.4, 0.5) is 0 Å². The molecule has 0 fully saturated rings. The molecule has 0 aliphatic rings. The molecule has 0 bridgehead atoms. The fourth-order valence-electron chi connectivity index (χ4n) is 1.26. The van der Waals surface area contributed by atoms with Crippen LogP contribution < -0.4 is 0 Å². The molecule has 1 amide bonds. The largest absolute Gasteiger partial charge is 0.359 e. The van der Waals surface area contributed by atoms with Crippen LogP contribution in [-0.4, -0.2) is 60.7 Å². The first-order valence-electron chi connectivity index (χ1n) is 5.06. The van der Waals surface area contributed by atoms with Crippen LogP contribution in [0.15, 0.2) is 18.3 Å². The molecule has 0 aliphatic heterocycles. The summed E-state index contributed by atoms with van der Waals surface area (Å²) in [6, 6.07) is 3.50. The maximum Gasteiger partial charge on any atom is 0.236 e. The second-order valence-corrected chi connectivity index (χ2v) is 3.97. The average Bonchev–Trinajstić information content (AvgIpc) is 2.69. The molecule has 0 unspecified atom stereocenters. The zero-order valence-corrected chi connectivity index (χ0v) is 9.86. The maximum atomic E-state index is 11.7. The van der Waals surface area contributed by atoms with E-state index in [1.165, 1.54) is 4.90 Å². The SMILES string of the molecule is CN(CC(=O)c1ccc[nH]1)CC(=O)N(C)C. The number of likely N-dealkylation sites (N-methyl/N-ethyl adjacent to an activating group) is 2. The minimum atomic E-state index is -0.0148. The molecule has 5 nitrogen and oxygen atoms in total. The summed E-state index contributed by atoms with van der Waals surface area (Å²) in [5, 5.41) is 0. The molecule has 1 N–H and O–H groups in total. The fourth-order valence-corrected chi connectivity index (χ4v) is 1.26. The second-order valence-electron chi connectivity index (χ2n) is 3.97. The number of carbonyl (C=O) groups is 2. The Morgan fingerprint density at radius 3 is 2.44 bits per heavy atom. The number of carbonyl (C=O) groups excluding carboxylic acids is 2. The van der Waals surface area contributed by atoms with Crippen LogP contribution in [0.5, 0.6) is 0 Å². The van der Waals surface area contributed by atoms with Gasteiger partial charge in [-0.15, -0.1) is 0 Å². The first kappa shape index (κ1) is 12.4. The second kappa shape index (κ2) is 5.46. The van der Waals surface area contributed by atoms with Gasteiger partial charge in [0.15, 0.2) is 5.78 Å². The molecule has 88 valence electrons. The number of Topliss-reactive ketones (excluding diaryl/α,β-unsaturated/α-hetero) is 1. The lowest BCUT2D eigenvalue weighted by Gasteiger charge is -2.17. The summed E-state index contributed by atoms with van der Waals surface area (Å²) in [7, 11) is 5.15. The van der Waals surface area contributed by atoms with Crippen molar-refractivity contribution in [2.75, 3.05) is 34.2 Å². The van der Waals surface area contributed by atoms with E-state index in [1.807, 2.05) is 0 Å². The van der Waals surface area contributed by atoms with E-state index in [-0.39, 0.29) is 24.8 Å². The molecule has 5 heteroatoms. The van der Waals surface area contributed by atoms with E-state index in [2.05, 4.69) is 4.98 Å². The van der Waals surface area contributed by atoms with E-state index in [4.69, 9.17) is 0 Å². The molecule has 0 radical (unpaired) electrons. The highest BCUT2D eigenvalue weighted by Crippen LogP contribution is 1.98. The Morgan fingerprint density at radius 2 is 1.94 bits per heavy atom. The maximum absolute atomic E-state index is 11.7. The Hall–Kier alpha value is -1.62. The summed E-state index contributed by atoms with van der Waals surface area (Å²) in [5.74, 6) is -0.0270. The van der Waals surface area contributed by atoms with Crippen molar-refractivity contribution < 1.29 is 9.59 Å². The molecule has 1 heterocycles. The molecule has 0 aliphatic carbocycles. The predicted octanol–water partition coefficient (Wildman–Crippen LogP) is 0.217. The number of hydrogen-bond acceptors (Lipinski definition) is 3. The van der Waals surface area contributed by atoms with Gasteiger partial charge in [-0.1, -0.05) is 0 Å². The van der Waals surface area contributed by atoms with Gasteiger partial charge >= 0.3 is 0 Å². The zero-order valence-electron chi connectivity index (χ0n) is 9.86. The standard InChI is InChI=1S/C11H17N3O2/c1-13(2)11(16)8-14(3)7-10(15)9-5-4-6-12-9/h4-6,12H,7-8H2,1-3H3. The van der Waals surface area contributed by atoms with Gasteiger partial charge in [0.1, 0.15) is 0 Å². The van der Waals surface area contributed by atoms with E-state index < -0.39 is 0 Å². The summed E-state index contributed by atoms with van der Waals surface area (Å²) < 4.78 is 0. The molecule has 0 saturated heterocycles. The molecular weight excluding hydrogens is 206 g/mol. The van der Waals surface area contributed by atoms with E-state index in [9.17, 15) is 9.59 Å². The van der Waals surface area contributed by atoms with Crippen molar-refractivity contribution in [3.63, 3.8) is 0 Å². The molecule has 0 atom stereocenters. The van der Waals surface area contributed by atoms with Gasteiger partial charge in [-0.25, -0.2) is 0 Å². The normalized spacial score (nSPS) is 10.5. The lowest BCUT2D eigenvalue weighted by atomic mass is 10.2. The lowest BCUT2D eigenvalue weighted by Crippen LogP contribution is -2.37. The first-order valence-corrected chi connectivity index (χ1v) is 5.06. The van der Waals surface area contributed by atoms with Crippen LogP contribution in [0.3, 0.4) is 0 Å². The molecule has 0 aromatic carbocycles. The minimum Gasteiger partial charge on any atom is -0.359 e. The van der Waals surface area contributed by atoms with E-state index in [1.54, 1.807) is 44.4 Å². The van der Waals surface area contributed by atoms with E-state index >= 15 is 0 Å². The van der Waals surface area contributed by atoms with Gasteiger partial charge in [-0.3, -0.25) is 14.5 Å². The molecule has 1 rings (SSSR count). The van der Waals surface area contributed by atoms with Crippen LogP contribution in [0.25, 0.3) is 0 Å². The van der Waals surface area contributed by atoms with Crippen molar-refractivity contribution in [1.29, 1.82) is 0 Å². The Morgan fingerprint density at radius 1 is 1.25 bits per heavy atom. The Kier molecular flexibility index (Phi) is 4.25. The number of ketones is 1. The molecule has 0 spiro atoms. The topological polar surface area (TPSA) is 56.4 Å². The molecule has 1 aromatic rings. The van der Waals surface area contributed by atoms with Crippen molar-refractivity contribution in [2.24, 2.45) is 0 Å². The third-order valence-electron chi connectivity index (χ3n) is 2.22. The highest BCUT2D eigenvalue weighted by molar-refractivity contribution is 5.96. The van der Waals surface area contributed by atoms with Crippen molar-refractivity contribution in [1.82, 2.24) is 14.8 Å². The van der Waals surface area contributed by atoms with Crippen LogP contribution in [-0.2, 0) is 4.79 Å². The lowest BCUT2D eigenvalue weighted by molar-refractivity contribution is -0.129. The summed E-state index contributed by atoms with van der Waals surface area (Å²) in [4.78, 5) is 29.1. The van der Waals surface area contributed by atoms with Crippen molar-refractivity contribution in [2.45, 2.75) is 0 Å². The molecule has 16 heavy (non-hydrogen) atoms. The van der Waals surface area contributed by atoms with Gasteiger partial charge in [0.25, 0.3) is 0 Å². The van der Waals surface area contributed by atoms with Gasteiger partial charge < -0.3 is 9.88 Å². The molecule has 0 saturated carbocycles. The summed E-state index contributed by atoms with van der Waals surface area (Å²) in [6.45, 7) is 0.486. The zero-order chi connectivity index (χ0) is 12.1. The average molecular weight is 223 g/mol. The van der Waals surface area contributed by atoms with Gasteiger partial charge in [-0.2, -0.15) is 0 Å². The Bertz CT molecular complexity index is 357. The van der Waals surface area contributed by atoms with Gasteiger partial charge in [-0.05, 0) is 19.2 Å². The number of hydrogen-bond donors (Lipinski definition) is 1. The Labute approximate surface area is 95.0 Å². The number of amides is 1. The quantitative estimate of drug-likeness (QED) is 0.726.